The minimum absolute atomic E-state index is 0.103. The van der Waals surface area contributed by atoms with E-state index in [1.54, 1.807) is 30.2 Å². The normalized spacial score (nSPS) is 10.6. The van der Waals surface area contributed by atoms with Crippen molar-refractivity contribution in [1.82, 2.24) is 9.88 Å². The first-order valence-corrected chi connectivity index (χ1v) is 5.76. The van der Waals surface area contributed by atoms with Crippen LogP contribution < -0.4 is 0 Å². The number of fused-ring (bicyclic) bond motifs is 1. The first-order chi connectivity index (χ1) is 8.61. The number of H-pyrrole nitrogens is 1. The average Bonchev–Trinajstić information content (AvgIpc) is 2.77. The van der Waals surface area contributed by atoms with Gasteiger partial charge in [-0.1, -0.05) is 6.08 Å². The van der Waals surface area contributed by atoms with Crippen LogP contribution in [0.15, 0.2) is 36.9 Å². The summed E-state index contributed by atoms with van der Waals surface area (Å²) in [7, 11) is 1.73. The van der Waals surface area contributed by atoms with Gasteiger partial charge in [-0.25, -0.2) is 4.39 Å². The van der Waals surface area contributed by atoms with Crippen LogP contribution in [0.25, 0.3) is 10.9 Å². The second kappa shape index (κ2) is 5.04. The van der Waals surface area contributed by atoms with Crippen molar-refractivity contribution in [3.63, 3.8) is 0 Å². The number of nitrogens with zero attached hydrogens (tertiary/aromatic N) is 1. The van der Waals surface area contributed by atoms with Gasteiger partial charge in [-0.15, -0.1) is 6.58 Å². The van der Waals surface area contributed by atoms with Gasteiger partial charge in [0.15, 0.2) is 0 Å². The number of halogens is 1. The highest BCUT2D eigenvalue weighted by Gasteiger charge is 2.13. The van der Waals surface area contributed by atoms with E-state index in [1.165, 1.54) is 12.1 Å². The molecule has 0 unspecified atom stereocenters. The van der Waals surface area contributed by atoms with Gasteiger partial charge in [-0.2, -0.15) is 0 Å². The van der Waals surface area contributed by atoms with E-state index < -0.39 is 0 Å². The summed E-state index contributed by atoms with van der Waals surface area (Å²) < 4.78 is 13.0. The number of carbonyl (C=O) groups is 1. The van der Waals surface area contributed by atoms with E-state index >= 15 is 0 Å². The SMILES string of the molecule is C=CCCN(C)C(=O)c1cc2ccc(F)cc2[nH]1. The summed E-state index contributed by atoms with van der Waals surface area (Å²) in [4.78, 5) is 16.6. The fourth-order valence-electron chi connectivity index (χ4n) is 1.81. The van der Waals surface area contributed by atoms with Crippen molar-refractivity contribution >= 4 is 16.8 Å². The van der Waals surface area contributed by atoms with Crippen LogP contribution in [0.1, 0.15) is 16.9 Å². The molecule has 1 aromatic heterocycles. The van der Waals surface area contributed by atoms with Crippen molar-refractivity contribution in [3.05, 3.63) is 48.4 Å². The molecule has 4 heteroatoms. The smallest absolute Gasteiger partial charge is 0.270 e. The van der Waals surface area contributed by atoms with E-state index in [0.29, 0.717) is 17.8 Å². The molecule has 0 saturated heterocycles. The number of hydrogen-bond donors (Lipinski definition) is 1. The molecule has 0 fully saturated rings. The predicted octanol–water partition coefficient (Wildman–Crippen LogP) is 2.96. The number of amides is 1. The van der Waals surface area contributed by atoms with Gasteiger partial charge >= 0.3 is 0 Å². The summed E-state index contributed by atoms with van der Waals surface area (Å²) in [6.07, 6.45) is 2.52. The number of nitrogens with one attached hydrogen (secondary N) is 1. The van der Waals surface area contributed by atoms with Crippen molar-refractivity contribution in [1.29, 1.82) is 0 Å². The van der Waals surface area contributed by atoms with Gasteiger partial charge in [0.1, 0.15) is 11.5 Å². The molecule has 0 saturated carbocycles. The molecular formula is C14H15FN2O. The zero-order chi connectivity index (χ0) is 13.1. The Morgan fingerprint density at radius 1 is 1.50 bits per heavy atom. The molecule has 1 aromatic carbocycles. The fourth-order valence-corrected chi connectivity index (χ4v) is 1.81. The maximum absolute atomic E-state index is 13.0. The van der Waals surface area contributed by atoms with E-state index in [9.17, 15) is 9.18 Å². The Kier molecular flexibility index (Phi) is 3.46. The van der Waals surface area contributed by atoms with Crippen LogP contribution in [0.3, 0.4) is 0 Å². The fraction of sp³-hybridized carbons (Fsp3) is 0.214. The first-order valence-electron chi connectivity index (χ1n) is 5.76. The van der Waals surface area contributed by atoms with E-state index in [-0.39, 0.29) is 11.7 Å². The molecule has 0 bridgehead atoms. The molecule has 1 amide bonds. The largest absolute Gasteiger partial charge is 0.350 e. The molecule has 0 atom stereocenters. The van der Waals surface area contributed by atoms with Crippen molar-refractivity contribution in [2.24, 2.45) is 0 Å². The topological polar surface area (TPSA) is 36.1 Å². The summed E-state index contributed by atoms with van der Waals surface area (Å²) in [5.74, 6) is -0.420. The molecule has 2 aromatic rings. The van der Waals surface area contributed by atoms with Crippen molar-refractivity contribution in [3.8, 4) is 0 Å². The van der Waals surface area contributed by atoms with Crippen LogP contribution >= 0.6 is 0 Å². The van der Waals surface area contributed by atoms with Crippen LogP contribution in [0.5, 0.6) is 0 Å². The van der Waals surface area contributed by atoms with E-state index in [2.05, 4.69) is 11.6 Å². The zero-order valence-electron chi connectivity index (χ0n) is 10.2. The lowest BCUT2D eigenvalue weighted by Crippen LogP contribution is -2.27. The zero-order valence-corrected chi connectivity index (χ0v) is 10.2. The third kappa shape index (κ3) is 2.42. The summed E-state index contributed by atoms with van der Waals surface area (Å²) in [5, 5.41) is 0.830. The number of hydrogen-bond acceptors (Lipinski definition) is 1. The molecule has 0 aliphatic carbocycles. The van der Waals surface area contributed by atoms with E-state index in [1.807, 2.05) is 0 Å². The van der Waals surface area contributed by atoms with Crippen LogP contribution in [0, 0.1) is 5.82 Å². The number of rotatable bonds is 4. The van der Waals surface area contributed by atoms with Crippen molar-refractivity contribution in [2.45, 2.75) is 6.42 Å². The Hall–Kier alpha value is -2.10. The lowest BCUT2D eigenvalue weighted by atomic mass is 10.2. The molecule has 0 spiro atoms. The van der Waals surface area contributed by atoms with Gasteiger partial charge in [0.05, 0.1) is 0 Å². The molecule has 0 aliphatic heterocycles. The Labute approximate surface area is 105 Å². The van der Waals surface area contributed by atoms with E-state index in [4.69, 9.17) is 0 Å². The third-order valence-corrected chi connectivity index (χ3v) is 2.83. The highest BCUT2D eigenvalue weighted by Crippen LogP contribution is 2.17. The van der Waals surface area contributed by atoms with Crippen LogP contribution in [-0.2, 0) is 0 Å². The number of benzene rings is 1. The van der Waals surface area contributed by atoms with Gasteiger partial charge < -0.3 is 9.88 Å². The monoisotopic (exact) mass is 246 g/mol. The highest BCUT2D eigenvalue weighted by atomic mass is 19.1. The molecule has 2 rings (SSSR count). The van der Waals surface area contributed by atoms with Gasteiger partial charge in [0.25, 0.3) is 5.91 Å². The van der Waals surface area contributed by atoms with Crippen molar-refractivity contribution < 1.29 is 9.18 Å². The quantitative estimate of drug-likeness (QED) is 0.827. The number of carbonyl (C=O) groups excluding carboxylic acids is 1. The Bertz CT molecular complexity index is 588. The van der Waals surface area contributed by atoms with Gasteiger partial charge in [0, 0.05) is 24.5 Å². The average molecular weight is 246 g/mol. The lowest BCUT2D eigenvalue weighted by molar-refractivity contribution is 0.0792. The Balaban J connectivity index is 2.25. The summed E-state index contributed by atoms with van der Waals surface area (Å²) in [6.45, 7) is 4.24. The lowest BCUT2D eigenvalue weighted by Gasteiger charge is -2.14. The van der Waals surface area contributed by atoms with Gasteiger partial charge in [-0.3, -0.25) is 4.79 Å². The summed E-state index contributed by atoms with van der Waals surface area (Å²) in [6, 6.07) is 6.16. The van der Waals surface area contributed by atoms with E-state index in [0.717, 1.165) is 11.8 Å². The predicted molar refractivity (Wildman–Crippen MR) is 70.0 cm³/mol. The van der Waals surface area contributed by atoms with Crippen LogP contribution in [0.4, 0.5) is 4.39 Å². The minimum atomic E-state index is -0.316. The molecule has 18 heavy (non-hydrogen) atoms. The van der Waals surface area contributed by atoms with Gasteiger partial charge in [0.2, 0.25) is 0 Å². The second-order valence-electron chi connectivity index (χ2n) is 4.22. The molecule has 0 aliphatic rings. The minimum Gasteiger partial charge on any atom is -0.350 e. The molecule has 3 nitrogen and oxygen atoms in total. The molecule has 0 radical (unpaired) electrons. The summed E-state index contributed by atoms with van der Waals surface area (Å²) >= 11 is 0. The van der Waals surface area contributed by atoms with Crippen molar-refractivity contribution in [2.75, 3.05) is 13.6 Å². The first kappa shape index (κ1) is 12.4. The number of aromatic amines is 1. The Morgan fingerprint density at radius 2 is 2.28 bits per heavy atom. The summed E-state index contributed by atoms with van der Waals surface area (Å²) in [5.41, 5.74) is 1.11. The van der Waals surface area contributed by atoms with Crippen LogP contribution in [0.2, 0.25) is 0 Å². The highest BCUT2D eigenvalue weighted by molar-refractivity contribution is 5.97. The molecule has 94 valence electrons. The third-order valence-electron chi connectivity index (χ3n) is 2.83. The molecule has 1 N–H and O–H groups in total. The van der Waals surface area contributed by atoms with Crippen LogP contribution in [-0.4, -0.2) is 29.4 Å². The molecular weight excluding hydrogens is 231 g/mol. The Morgan fingerprint density at radius 3 is 3.00 bits per heavy atom. The second-order valence-corrected chi connectivity index (χ2v) is 4.22. The number of aromatic nitrogens is 1. The standard InChI is InChI=1S/C14H15FN2O/c1-3-4-7-17(2)14(18)13-8-10-5-6-11(15)9-12(10)16-13/h3,5-6,8-9,16H,1,4,7H2,2H3. The maximum Gasteiger partial charge on any atom is 0.270 e. The van der Waals surface area contributed by atoms with Gasteiger partial charge in [-0.05, 0) is 30.7 Å². The molecule has 1 heterocycles. The maximum atomic E-state index is 13.0.